The summed E-state index contributed by atoms with van der Waals surface area (Å²) in [5.41, 5.74) is 7.68. The van der Waals surface area contributed by atoms with Crippen LogP contribution in [-0.2, 0) is 11.2 Å². The summed E-state index contributed by atoms with van der Waals surface area (Å²) >= 11 is 6.20. The zero-order valence-corrected chi connectivity index (χ0v) is 19.7. The second-order valence-electron chi connectivity index (χ2n) is 8.35. The topological polar surface area (TPSA) is 76.5 Å². The first-order valence-electron chi connectivity index (χ1n) is 11.2. The van der Waals surface area contributed by atoms with Gasteiger partial charge in [-0.15, -0.1) is 0 Å². The fraction of sp³-hybridized carbons (Fsp3) is 0.385. The average molecular weight is 455 g/mol. The molecule has 3 aromatic rings. The first-order valence-corrected chi connectivity index (χ1v) is 11.5. The van der Waals surface area contributed by atoms with Crippen LogP contribution in [0.3, 0.4) is 0 Å². The van der Waals surface area contributed by atoms with E-state index in [1.54, 1.807) is 18.2 Å². The van der Waals surface area contributed by atoms with Crippen LogP contribution in [0.4, 0.5) is 0 Å². The molecule has 1 atom stereocenters. The summed E-state index contributed by atoms with van der Waals surface area (Å²) in [5.74, 6) is 0.566. The summed E-state index contributed by atoms with van der Waals surface area (Å²) in [7, 11) is 0. The molecule has 1 aromatic heterocycles. The molecular formula is C26H31ClN2O3. The van der Waals surface area contributed by atoms with Gasteiger partial charge in [-0.1, -0.05) is 62.7 Å². The van der Waals surface area contributed by atoms with E-state index < -0.39 is 0 Å². The van der Waals surface area contributed by atoms with Crippen LogP contribution in [0.15, 0.2) is 57.7 Å². The van der Waals surface area contributed by atoms with Crippen LogP contribution in [0.2, 0.25) is 5.02 Å². The lowest BCUT2D eigenvalue weighted by Crippen LogP contribution is -2.39. The molecule has 0 saturated heterocycles. The van der Waals surface area contributed by atoms with Crippen molar-refractivity contribution in [1.29, 1.82) is 0 Å². The minimum Gasteiger partial charge on any atom is -0.458 e. The maximum atomic E-state index is 13.6. The molecule has 0 aliphatic rings. The third kappa shape index (κ3) is 5.22. The Balaban J connectivity index is 2.27. The third-order valence-corrected chi connectivity index (χ3v) is 5.90. The van der Waals surface area contributed by atoms with Crippen molar-refractivity contribution in [3.8, 4) is 0 Å². The summed E-state index contributed by atoms with van der Waals surface area (Å²) in [4.78, 5) is 28.4. The third-order valence-electron chi connectivity index (χ3n) is 5.67. The minimum atomic E-state index is -0.385. The number of hydrogen-bond acceptors (Lipinski definition) is 4. The SMILES string of the molecule is CCC(=O)N(CCCN)C(c1oc2cc(Cl)ccc2c(=O)c1Cc1ccccc1)C(C)C. The Morgan fingerprint density at radius 1 is 1.16 bits per heavy atom. The highest BCUT2D eigenvalue weighted by Gasteiger charge is 2.32. The van der Waals surface area contributed by atoms with Gasteiger partial charge in [0.05, 0.1) is 11.4 Å². The Kier molecular flexibility index (Phi) is 8.10. The van der Waals surface area contributed by atoms with Gasteiger partial charge in [-0.25, -0.2) is 0 Å². The van der Waals surface area contributed by atoms with Gasteiger partial charge in [0.25, 0.3) is 0 Å². The average Bonchev–Trinajstić information content (AvgIpc) is 2.78. The quantitative estimate of drug-likeness (QED) is 0.474. The molecular weight excluding hydrogens is 424 g/mol. The van der Waals surface area contributed by atoms with Gasteiger partial charge in [0.15, 0.2) is 5.43 Å². The first kappa shape index (κ1) is 24.0. The maximum Gasteiger partial charge on any atom is 0.222 e. The number of carbonyl (C=O) groups excluding carboxylic acids is 1. The van der Waals surface area contributed by atoms with Crippen molar-refractivity contribution in [1.82, 2.24) is 4.90 Å². The van der Waals surface area contributed by atoms with E-state index in [1.807, 2.05) is 56.0 Å². The van der Waals surface area contributed by atoms with Gasteiger partial charge in [-0.3, -0.25) is 9.59 Å². The van der Waals surface area contributed by atoms with Crippen molar-refractivity contribution in [2.45, 2.75) is 46.1 Å². The Labute approximate surface area is 194 Å². The van der Waals surface area contributed by atoms with Crippen LogP contribution in [0.1, 0.15) is 56.5 Å². The predicted molar refractivity (Wildman–Crippen MR) is 130 cm³/mol. The smallest absolute Gasteiger partial charge is 0.222 e. The molecule has 0 saturated carbocycles. The number of rotatable bonds is 9. The van der Waals surface area contributed by atoms with Crippen LogP contribution in [0.25, 0.3) is 11.0 Å². The van der Waals surface area contributed by atoms with Gasteiger partial charge in [0.2, 0.25) is 5.91 Å². The minimum absolute atomic E-state index is 0.0108. The fourth-order valence-electron chi connectivity index (χ4n) is 4.12. The Bertz CT molecular complexity index is 1130. The van der Waals surface area contributed by atoms with Gasteiger partial charge in [-0.05, 0) is 36.6 Å². The number of benzene rings is 2. The second-order valence-corrected chi connectivity index (χ2v) is 8.79. The van der Waals surface area contributed by atoms with Crippen molar-refractivity contribution in [3.63, 3.8) is 0 Å². The molecule has 1 amide bonds. The van der Waals surface area contributed by atoms with E-state index in [9.17, 15) is 9.59 Å². The van der Waals surface area contributed by atoms with E-state index in [1.165, 1.54) is 0 Å². The molecule has 2 aromatic carbocycles. The normalized spacial score (nSPS) is 12.3. The van der Waals surface area contributed by atoms with Crippen molar-refractivity contribution >= 4 is 28.5 Å². The number of halogens is 1. The van der Waals surface area contributed by atoms with Gasteiger partial charge in [0, 0.05) is 36.0 Å². The standard InChI is InChI=1S/C26H31ClN2O3/c1-4-23(30)29(14-8-13-28)24(17(2)3)26-21(15-18-9-6-5-7-10-18)25(31)20-12-11-19(27)16-22(20)32-26/h5-7,9-12,16-17,24H,4,8,13-15,28H2,1-3H3. The lowest BCUT2D eigenvalue weighted by atomic mass is 9.92. The molecule has 1 heterocycles. The van der Waals surface area contributed by atoms with Crippen molar-refractivity contribution in [2.24, 2.45) is 11.7 Å². The predicted octanol–water partition coefficient (Wildman–Crippen LogP) is 5.32. The number of nitrogens with zero attached hydrogens (tertiary/aromatic N) is 1. The molecule has 0 bridgehead atoms. The zero-order chi connectivity index (χ0) is 23.3. The second kappa shape index (κ2) is 10.8. The lowest BCUT2D eigenvalue weighted by molar-refractivity contribution is -0.135. The summed E-state index contributed by atoms with van der Waals surface area (Å²) in [6.07, 6.45) is 1.46. The summed E-state index contributed by atoms with van der Waals surface area (Å²) in [6, 6.07) is 14.5. The molecule has 3 rings (SSSR count). The first-order chi connectivity index (χ1) is 15.4. The van der Waals surface area contributed by atoms with E-state index in [4.69, 9.17) is 21.8 Å². The van der Waals surface area contributed by atoms with Gasteiger partial charge in [-0.2, -0.15) is 0 Å². The van der Waals surface area contributed by atoms with Crippen LogP contribution in [0.5, 0.6) is 0 Å². The van der Waals surface area contributed by atoms with E-state index in [-0.39, 0.29) is 23.3 Å². The summed E-state index contributed by atoms with van der Waals surface area (Å²) < 4.78 is 6.40. The largest absolute Gasteiger partial charge is 0.458 e. The van der Waals surface area contributed by atoms with Crippen molar-refractivity contribution < 1.29 is 9.21 Å². The maximum absolute atomic E-state index is 13.6. The van der Waals surface area contributed by atoms with Crippen molar-refractivity contribution in [3.05, 3.63) is 80.7 Å². The molecule has 2 N–H and O–H groups in total. The highest BCUT2D eigenvalue weighted by molar-refractivity contribution is 6.31. The van der Waals surface area contributed by atoms with E-state index >= 15 is 0 Å². The monoisotopic (exact) mass is 454 g/mol. The number of nitrogens with two attached hydrogens (primary N) is 1. The summed E-state index contributed by atoms with van der Waals surface area (Å²) in [6.45, 7) is 6.91. The molecule has 5 nitrogen and oxygen atoms in total. The van der Waals surface area contributed by atoms with Crippen LogP contribution >= 0.6 is 11.6 Å². The Morgan fingerprint density at radius 3 is 2.50 bits per heavy atom. The summed E-state index contributed by atoms with van der Waals surface area (Å²) in [5, 5.41) is 0.982. The van der Waals surface area contributed by atoms with Crippen LogP contribution < -0.4 is 11.2 Å². The molecule has 1 unspecified atom stereocenters. The highest BCUT2D eigenvalue weighted by Crippen LogP contribution is 2.34. The molecule has 0 aliphatic heterocycles. The Hall–Kier alpha value is -2.63. The molecule has 0 radical (unpaired) electrons. The highest BCUT2D eigenvalue weighted by atomic mass is 35.5. The lowest BCUT2D eigenvalue weighted by Gasteiger charge is -2.34. The van der Waals surface area contributed by atoms with Gasteiger partial charge < -0.3 is 15.1 Å². The van der Waals surface area contributed by atoms with E-state index in [0.717, 1.165) is 5.56 Å². The fourth-order valence-corrected chi connectivity index (χ4v) is 4.28. The molecule has 0 fully saturated rings. The van der Waals surface area contributed by atoms with E-state index in [0.29, 0.717) is 59.7 Å². The molecule has 6 heteroatoms. The molecule has 170 valence electrons. The van der Waals surface area contributed by atoms with Gasteiger partial charge in [0.1, 0.15) is 11.3 Å². The molecule has 32 heavy (non-hydrogen) atoms. The van der Waals surface area contributed by atoms with Crippen LogP contribution in [0, 0.1) is 5.92 Å². The van der Waals surface area contributed by atoms with Crippen LogP contribution in [-0.4, -0.2) is 23.9 Å². The van der Waals surface area contributed by atoms with E-state index in [2.05, 4.69) is 0 Å². The zero-order valence-electron chi connectivity index (χ0n) is 18.9. The number of hydrogen-bond donors (Lipinski definition) is 1. The molecule has 0 spiro atoms. The number of fused-ring (bicyclic) bond motifs is 1. The van der Waals surface area contributed by atoms with Gasteiger partial charge >= 0.3 is 0 Å². The number of amides is 1. The Morgan fingerprint density at radius 2 is 1.88 bits per heavy atom. The number of carbonyl (C=O) groups is 1. The van der Waals surface area contributed by atoms with Crippen molar-refractivity contribution in [2.75, 3.05) is 13.1 Å². The molecule has 0 aliphatic carbocycles.